The zero-order valence-corrected chi connectivity index (χ0v) is 17.4. The third-order valence-electron chi connectivity index (χ3n) is 8.09. The lowest BCUT2D eigenvalue weighted by Gasteiger charge is -2.55. The summed E-state index contributed by atoms with van der Waals surface area (Å²) in [7, 11) is 0. The van der Waals surface area contributed by atoms with Gasteiger partial charge in [0.05, 0.1) is 6.04 Å². The zero-order valence-electron chi connectivity index (χ0n) is 17.4. The lowest BCUT2D eigenvalue weighted by molar-refractivity contribution is -0.146. The Kier molecular flexibility index (Phi) is 5.13. The van der Waals surface area contributed by atoms with Crippen LogP contribution in [0.1, 0.15) is 81.4 Å². The molecule has 5 aliphatic rings. The minimum atomic E-state index is -0.0805. The van der Waals surface area contributed by atoms with Gasteiger partial charge in [-0.25, -0.2) is 0 Å². The second-order valence-corrected chi connectivity index (χ2v) is 10.3. The van der Waals surface area contributed by atoms with Gasteiger partial charge in [0.25, 0.3) is 0 Å². The van der Waals surface area contributed by atoms with E-state index in [2.05, 4.69) is 34.9 Å². The molecule has 5 aliphatic carbocycles. The number of benzene rings is 1. The fourth-order valence-corrected chi connectivity index (χ4v) is 7.20. The molecule has 156 valence electrons. The van der Waals surface area contributed by atoms with Gasteiger partial charge in [-0.05, 0) is 93.1 Å². The van der Waals surface area contributed by atoms with Crippen molar-refractivity contribution in [2.75, 3.05) is 6.54 Å². The van der Waals surface area contributed by atoms with E-state index in [0.717, 1.165) is 62.7 Å². The average molecular weight is 395 g/mol. The first-order chi connectivity index (χ1) is 14.1. The molecule has 0 aromatic heterocycles. The van der Waals surface area contributed by atoms with E-state index in [9.17, 15) is 9.59 Å². The largest absolute Gasteiger partial charge is 0.356 e. The summed E-state index contributed by atoms with van der Waals surface area (Å²) in [5.41, 5.74) is 2.57. The summed E-state index contributed by atoms with van der Waals surface area (Å²) >= 11 is 0. The molecule has 6 rings (SSSR count). The Bertz CT molecular complexity index is 751. The Morgan fingerprint density at radius 2 is 1.69 bits per heavy atom. The average Bonchev–Trinajstić information content (AvgIpc) is 2.70. The molecule has 0 radical (unpaired) electrons. The molecule has 0 unspecified atom stereocenters. The fraction of sp³-hybridized carbons (Fsp3) is 0.680. The monoisotopic (exact) mass is 394 g/mol. The SMILES string of the molecule is O=C(CCCNC(=O)C12CC3CC(CC(C3)C1)C2)N[C@H]1CCCc2ccccc21. The molecule has 4 bridgehead atoms. The van der Waals surface area contributed by atoms with Gasteiger partial charge in [0.2, 0.25) is 11.8 Å². The Morgan fingerprint density at radius 1 is 1.00 bits per heavy atom. The van der Waals surface area contributed by atoms with Crippen molar-refractivity contribution in [3.8, 4) is 0 Å². The van der Waals surface area contributed by atoms with E-state index in [-0.39, 0.29) is 23.3 Å². The molecule has 2 amide bonds. The van der Waals surface area contributed by atoms with E-state index < -0.39 is 0 Å². The molecule has 1 aromatic rings. The Morgan fingerprint density at radius 3 is 2.41 bits per heavy atom. The van der Waals surface area contributed by atoms with Crippen molar-refractivity contribution in [2.45, 2.75) is 76.7 Å². The second kappa shape index (κ2) is 7.77. The van der Waals surface area contributed by atoms with Crippen LogP contribution in [-0.2, 0) is 16.0 Å². The van der Waals surface area contributed by atoms with E-state index in [4.69, 9.17) is 0 Å². The van der Waals surface area contributed by atoms with Crippen molar-refractivity contribution in [2.24, 2.45) is 23.2 Å². The molecule has 0 saturated heterocycles. The van der Waals surface area contributed by atoms with Crippen molar-refractivity contribution in [1.82, 2.24) is 10.6 Å². The van der Waals surface area contributed by atoms with Crippen molar-refractivity contribution in [3.05, 3.63) is 35.4 Å². The molecule has 1 atom stereocenters. The van der Waals surface area contributed by atoms with Crippen LogP contribution < -0.4 is 10.6 Å². The number of fused-ring (bicyclic) bond motifs is 1. The van der Waals surface area contributed by atoms with Crippen LogP contribution in [-0.4, -0.2) is 18.4 Å². The Labute approximate surface area is 174 Å². The van der Waals surface area contributed by atoms with Crippen LogP contribution in [0.3, 0.4) is 0 Å². The number of hydrogen-bond acceptors (Lipinski definition) is 2. The van der Waals surface area contributed by atoms with Crippen LogP contribution in [0, 0.1) is 23.2 Å². The first-order valence-electron chi connectivity index (χ1n) is 11.8. The van der Waals surface area contributed by atoms with Crippen LogP contribution >= 0.6 is 0 Å². The van der Waals surface area contributed by atoms with E-state index in [1.54, 1.807) is 0 Å². The fourth-order valence-electron chi connectivity index (χ4n) is 7.20. The third kappa shape index (κ3) is 3.83. The molecular formula is C25H34N2O2. The molecule has 4 nitrogen and oxygen atoms in total. The van der Waals surface area contributed by atoms with Crippen molar-refractivity contribution in [3.63, 3.8) is 0 Å². The van der Waals surface area contributed by atoms with Crippen LogP contribution in [0.5, 0.6) is 0 Å². The number of amides is 2. The van der Waals surface area contributed by atoms with Gasteiger partial charge in [-0.15, -0.1) is 0 Å². The number of carbonyl (C=O) groups is 2. The summed E-state index contributed by atoms with van der Waals surface area (Å²) in [5.74, 6) is 2.75. The number of nitrogens with one attached hydrogen (secondary N) is 2. The molecular weight excluding hydrogens is 360 g/mol. The van der Waals surface area contributed by atoms with Gasteiger partial charge in [-0.2, -0.15) is 0 Å². The summed E-state index contributed by atoms with van der Waals surface area (Å²) < 4.78 is 0. The molecule has 2 N–H and O–H groups in total. The van der Waals surface area contributed by atoms with Crippen molar-refractivity contribution < 1.29 is 9.59 Å². The molecule has 1 aromatic carbocycles. The smallest absolute Gasteiger partial charge is 0.226 e. The van der Waals surface area contributed by atoms with Gasteiger partial charge in [0, 0.05) is 18.4 Å². The topological polar surface area (TPSA) is 58.2 Å². The highest BCUT2D eigenvalue weighted by Crippen LogP contribution is 2.60. The molecule has 29 heavy (non-hydrogen) atoms. The molecule has 0 aliphatic heterocycles. The third-order valence-corrected chi connectivity index (χ3v) is 8.09. The van der Waals surface area contributed by atoms with Crippen LogP contribution in [0.4, 0.5) is 0 Å². The molecule has 4 fully saturated rings. The van der Waals surface area contributed by atoms with Crippen molar-refractivity contribution in [1.29, 1.82) is 0 Å². The molecule has 0 spiro atoms. The number of aryl methyl sites for hydroxylation is 1. The second-order valence-electron chi connectivity index (χ2n) is 10.3. The van der Waals surface area contributed by atoms with Crippen LogP contribution in [0.25, 0.3) is 0 Å². The van der Waals surface area contributed by atoms with Gasteiger partial charge in [-0.3, -0.25) is 9.59 Å². The van der Waals surface area contributed by atoms with E-state index in [1.165, 1.54) is 30.4 Å². The predicted molar refractivity (Wildman–Crippen MR) is 113 cm³/mol. The molecule has 4 saturated carbocycles. The summed E-state index contributed by atoms with van der Waals surface area (Å²) in [4.78, 5) is 25.4. The van der Waals surface area contributed by atoms with Crippen LogP contribution in [0.2, 0.25) is 0 Å². The number of carbonyl (C=O) groups excluding carboxylic acids is 2. The van der Waals surface area contributed by atoms with Gasteiger partial charge < -0.3 is 10.6 Å². The normalized spacial score (nSPS) is 34.5. The summed E-state index contributed by atoms with van der Waals surface area (Å²) in [6.45, 7) is 0.620. The highest BCUT2D eigenvalue weighted by atomic mass is 16.2. The predicted octanol–water partition coefficient (Wildman–Crippen LogP) is 4.29. The minimum Gasteiger partial charge on any atom is -0.356 e. The van der Waals surface area contributed by atoms with E-state index in [0.29, 0.717) is 13.0 Å². The summed E-state index contributed by atoms with van der Waals surface area (Å²) in [6, 6.07) is 8.60. The maximum absolute atomic E-state index is 13.0. The number of rotatable bonds is 6. The Hall–Kier alpha value is -1.84. The highest BCUT2D eigenvalue weighted by molar-refractivity contribution is 5.83. The van der Waals surface area contributed by atoms with Gasteiger partial charge in [0.15, 0.2) is 0 Å². The summed E-state index contributed by atoms with van der Waals surface area (Å²) in [5, 5.41) is 6.42. The Balaban J connectivity index is 1.08. The first kappa shape index (κ1) is 19.1. The van der Waals surface area contributed by atoms with Crippen LogP contribution in [0.15, 0.2) is 24.3 Å². The molecule has 4 heteroatoms. The quantitative estimate of drug-likeness (QED) is 0.707. The minimum absolute atomic E-state index is 0.0805. The zero-order chi connectivity index (χ0) is 19.8. The lowest BCUT2D eigenvalue weighted by Crippen LogP contribution is -2.53. The number of hydrogen-bond donors (Lipinski definition) is 2. The van der Waals surface area contributed by atoms with Gasteiger partial charge in [-0.1, -0.05) is 24.3 Å². The standard InChI is InChI=1S/C25H34N2O2/c28-23(27-22-8-3-6-20-5-1-2-7-21(20)22)9-4-10-26-24(29)25-14-17-11-18(15-25)13-19(12-17)16-25/h1-2,5,7,17-19,22H,3-4,6,8-16H2,(H,26,29)(H,27,28)/t17?,18?,19?,22-,25?/m0/s1. The van der Waals surface area contributed by atoms with Gasteiger partial charge in [0.1, 0.15) is 0 Å². The maximum atomic E-state index is 13.0. The highest BCUT2D eigenvalue weighted by Gasteiger charge is 2.54. The first-order valence-corrected chi connectivity index (χ1v) is 11.8. The van der Waals surface area contributed by atoms with E-state index in [1.807, 2.05) is 0 Å². The summed E-state index contributed by atoms with van der Waals surface area (Å²) in [6.07, 6.45) is 11.8. The van der Waals surface area contributed by atoms with Crippen molar-refractivity contribution >= 4 is 11.8 Å². The lowest BCUT2D eigenvalue weighted by atomic mass is 9.49. The molecule has 0 heterocycles. The van der Waals surface area contributed by atoms with E-state index >= 15 is 0 Å². The van der Waals surface area contributed by atoms with Gasteiger partial charge >= 0.3 is 0 Å². The maximum Gasteiger partial charge on any atom is 0.226 e.